The van der Waals surface area contributed by atoms with Crippen LogP contribution in [0.2, 0.25) is 5.02 Å². The molecular weight excluding hydrogens is 528 g/mol. The van der Waals surface area contributed by atoms with E-state index in [4.69, 9.17) is 30.5 Å². The molecule has 39 heavy (non-hydrogen) atoms. The third kappa shape index (κ3) is 8.95. The summed E-state index contributed by atoms with van der Waals surface area (Å²) < 4.78 is 25.8. The van der Waals surface area contributed by atoms with Crippen LogP contribution < -0.4 is 0 Å². The number of benzene rings is 2. The minimum Gasteiger partial charge on any atom is -0.379 e. The Balaban J connectivity index is 1.50. The summed E-state index contributed by atoms with van der Waals surface area (Å²) >= 11 is 8.83. The maximum atomic E-state index is 6.84. The largest absolute Gasteiger partial charge is 0.379 e. The molecule has 2 aliphatic rings. The van der Waals surface area contributed by atoms with Gasteiger partial charge in [-0.3, -0.25) is 0 Å². The minimum atomic E-state index is -0.191. The summed E-state index contributed by atoms with van der Waals surface area (Å²) in [5.41, 5.74) is 3.83. The molecule has 0 aliphatic carbocycles. The van der Waals surface area contributed by atoms with Crippen LogP contribution in [0, 0.1) is 0 Å². The number of rotatable bonds is 16. The van der Waals surface area contributed by atoms with Crippen LogP contribution in [-0.4, -0.2) is 50.0 Å². The van der Waals surface area contributed by atoms with Gasteiger partial charge in [-0.1, -0.05) is 82.0 Å². The highest BCUT2D eigenvalue weighted by molar-refractivity contribution is 8.00. The molecule has 4 nitrogen and oxygen atoms in total. The van der Waals surface area contributed by atoms with Gasteiger partial charge in [-0.2, -0.15) is 0 Å². The summed E-state index contributed by atoms with van der Waals surface area (Å²) in [6, 6.07) is 15.3. The zero-order valence-electron chi connectivity index (χ0n) is 24.0. The molecule has 6 heteroatoms. The van der Waals surface area contributed by atoms with Crippen LogP contribution in [0.5, 0.6) is 0 Å². The lowest BCUT2D eigenvalue weighted by Gasteiger charge is -2.42. The van der Waals surface area contributed by atoms with E-state index >= 15 is 0 Å². The Labute approximate surface area is 245 Å². The monoisotopic (exact) mass is 574 g/mol. The lowest BCUT2D eigenvalue weighted by atomic mass is 9.92. The first-order chi connectivity index (χ1) is 19.1. The maximum absolute atomic E-state index is 6.84. The lowest BCUT2D eigenvalue weighted by molar-refractivity contribution is -0.216. The van der Waals surface area contributed by atoms with E-state index in [-0.39, 0.29) is 24.4 Å². The average molecular weight is 575 g/mol. The van der Waals surface area contributed by atoms with Crippen molar-refractivity contribution >= 4 is 23.4 Å². The summed E-state index contributed by atoms with van der Waals surface area (Å²) in [5.74, 6) is 0. The molecule has 2 heterocycles. The summed E-state index contributed by atoms with van der Waals surface area (Å²) in [5, 5.41) is 1.30. The molecule has 216 valence electrons. The molecule has 0 saturated carbocycles. The van der Waals surface area contributed by atoms with E-state index in [1.54, 1.807) is 0 Å². The molecule has 2 unspecified atom stereocenters. The van der Waals surface area contributed by atoms with E-state index in [0.717, 1.165) is 81.6 Å². The normalized spacial score (nSPS) is 24.7. The van der Waals surface area contributed by atoms with Crippen LogP contribution in [0.15, 0.2) is 47.4 Å². The first-order valence-electron chi connectivity index (χ1n) is 15.1. The molecule has 0 spiro atoms. The number of hydrogen-bond acceptors (Lipinski definition) is 5. The zero-order valence-corrected chi connectivity index (χ0v) is 25.6. The molecule has 0 bridgehead atoms. The molecule has 2 aliphatic heterocycles. The van der Waals surface area contributed by atoms with Crippen molar-refractivity contribution in [3.63, 3.8) is 0 Å². The zero-order chi connectivity index (χ0) is 27.5. The van der Waals surface area contributed by atoms with Gasteiger partial charge in [-0.15, -0.1) is 11.8 Å². The summed E-state index contributed by atoms with van der Waals surface area (Å²) in [6.07, 6.45) is 8.76. The second-order valence-electron chi connectivity index (χ2n) is 10.9. The molecule has 1 saturated heterocycles. The molecule has 4 rings (SSSR count). The van der Waals surface area contributed by atoms with Crippen LogP contribution >= 0.6 is 23.4 Å². The number of hydrogen-bond donors (Lipinski definition) is 0. The van der Waals surface area contributed by atoms with E-state index in [0.29, 0.717) is 18.5 Å². The van der Waals surface area contributed by atoms with Gasteiger partial charge in [0.05, 0.1) is 18.8 Å². The van der Waals surface area contributed by atoms with Gasteiger partial charge in [0.15, 0.2) is 0 Å². The van der Waals surface area contributed by atoms with Crippen LogP contribution in [0.25, 0.3) is 0 Å². The number of thioether (sulfide) groups is 1. The quantitative estimate of drug-likeness (QED) is 0.188. The van der Waals surface area contributed by atoms with Gasteiger partial charge in [0.1, 0.15) is 12.2 Å². The number of halogens is 1. The number of ether oxygens (including phenoxy) is 4. The Kier molecular flexibility index (Phi) is 13.0. The van der Waals surface area contributed by atoms with Crippen LogP contribution in [0.1, 0.15) is 88.5 Å². The summed E-state index contributed by atoms with van der Waals surface area (Å²) in [7, 11) is 0. The molecule has 0 amide bonds. The van der Waals surface area contributed by atoms with E-state index in [9.17, 15) is 0 Å². The van der Waals surface area contributed by atoms with Gasteiger partial charge < -0.3 is 18.9 Å². The fourth-order valence-corrected chi connectivity index (χ4v) is 7.02. The Hall–Kier alpha value is -1.08. The predicted molar refractivity (Wildman–Crippen MR) is 162 cm³/mol. The van der Waals surface area contributed by atoms with Crippen molar-refractivity contribution < 1.29 is 18.9 Å². The van der Waals surface area contributed by atoms with Crippen LogP contribution in [-0.2, 0) is 31.8 Å². The average Bonchev–Trinajstić information content (AvgIpc) is 3.35. The van der Waals surface area contributed by atoms with Crippen molar-refractivity contribution in [1.29, 1.82) is 0 Å². The Morgan fingerprint density at radius 2 is 1.67 bits per heavy atom. The first kappa shape index (κ1) is 30.9. The standard InChI is InChI=1S/C33H47ClO4S/c1-4-7-16-35-23-31-33(37-18-9-6-3)30(36-17-8-5-2)22-29(38-31)27-20-24(14-15-28(27)34)19-26-21-25-12-10-11-13-32(25)39-26/h10-15,20,26,29-31,33H,4-9,16-19,21-23H2,1-3H3/t26?,29-,30?,31-,33+/m1/s1. The van der Waals surface area contributed by atoms with E-state index < -0.39 is 0 Å². The number of unbranched alkanes of at least 4 members (excludes halogenated alkanes) is 3. The molecule has 2 aromatic carbocycles. The van der Waals surface area contributed by atoms with Gasteiger partial charge in [-0.05, 0) is 60.9 Å². The molecule has 5 atom stereocenters. The molecule has 0 radical (unpaired) electrons. The van der Waals surface area contributed by atoms with Gasteiger partial charge in [0.2, 0.25) is 0 Å². The lowest BCUT2D eigenvalue weighted by Crippen LogP contribution is -2.50. The first-order valence-corrected chi connectivity index (χ1v) is 16.4. The smallest absolute Gasteiger partial charge is 0.112 e. The summed E-state index contributed by atoms with van der Waals surface area (Å²) in [4.78, 5) is 1.42. The third-order valence-corrected chi connectivity index (χ3v) is 9.33. The van der Waals surface area contributed by atoms with Crippen molar-refractivity contribution in [2.45, 2.75) is 113 Å². The number of fused-ring (bicyclic) bond motifs is 1. The van der Waals surface area contributed by atoms with Gasteiger partial charge >= 0.3 is 0 Å². The van der Waals surface area contributed by atoms with Crippen LogP contribution in [0.4, 0.5) is 0 Å². The molecule has 1 fully saturated rings. The van der Waals surface area contributed by atoms with E-state index in [1.165, 1.54) is 16.0 Å². The Morgan fingerprint density at radius 1 is 0.923 bits per heavy atom. The second kappa shape index (κ2) is 16.4. The Bertz CT molecular complexity index is 976. The van der Waals surface area contributed by atoms with Gasteiger partial charge in [-0.25, -0.2) is 0 Å². The molecule has 2 aromatic rings. The molecular formula is C33H47ClO4S. The second-order valence-corrected chi connectivity index (χ2v) is 12.6. The van der Waals surface area contributed by atoms with Gasteiger partial charge in [0, 0.05) is 41.4 Å². The van der Waals surface area contributed by atoms with E-state index in [2.05, 4.69) is 57.2 Å². The molecule has 0 aromatic heterocycles. The Morgan fingerprint density at radius 3 is 2.44 bits per heavy atom. The van der Waals surface area contributed by atoms with Crippen LogP contribution in [0.3, 0.4) is 0 Å². The maximum Gasteiger partial charge on any atom is 0.112 e. The highest BCUT2D eigenvalue weighted by Crippen LogP contribution is 2.41. The van der Waals surface area contributed by atoms with Crippen molar-refractivity contribution in [2.75, 3.05) is 26.4 Å². The van der Waals surface area contributed by atoms with Crippen molar-refractivity contribution in [2.24, 2.45) is 0 Å². The SMILES string of the molecule is CCCCOC[C@H]1O[C@@H](c2cc(CC3Cc4ccccc4S3)ccc2Cl)CC(OCCCC)[C@@H]1OCCCC. The van der Waals surface area contributed by atoms with Crippen molar-refractivity contribution in [1.82, 2.24) is 0 Å². The van der Waals surface area contributed by atoms with Crippen molar-refractivity contribution in [3.8, 4) is 0 Å². The van der Waals surface area contributed by atoms with E-state index in [1.807, 2.05) is 17.8 Å². The topological polar surface area (TPSA) is 36.9 Å². The third-order valence-electron chi connectivity index (χ3n) is 7.67. The highest BCUT2D eigenvalue weighted by Gasteiger charge is 2.41. The fraction of sp³-hybridized carbons (Fsp3) is 0.636. The fourth-order valence-electron chi connectivity index (χ4n) is 5.43. The van der Waals surface area contributed by atoms with Gasteiger partial charge in [0.25, 0.3) is 0 Å². The molecule has 0 N–H and O–H groups in total. The van der Waals surface area contributed by atoms with Crippen molar-refractivity contribution in [3.05, 3.63) is 64.2 Å². The summed E-state index contributed by atoms with van der Waals surface area (Å²) in [6.45, 7) is 9.26. The highest BCUT2D eigenvalue weighted by atomic mass is 35.5. The minimum absolute atomic E-state index is 0.0495. The predicted octanol–water partition coefficient (Wildman–Crippen LogP) is 8.62.